The van der Waals surface area contributed by atoms with Crippen LogP contribution >= 0.6 is 0 Å². The lowest BCUT2D eigenvalue weighted by molar-refractivity contribution is -0.0145. The van der Waals surface area contributed by atoms with Crippen LogP contribution in [0.15, 0.2) is 0 Å². The average Bonchev–Trinajstić information content (AvgIpc) is 2.26. The highest BCUT2D eigenvalue weighted by Crippen LogP contribution is 2.53. The highest BCUT2D eigenvalue weighted by molar-refractivity contribution is 5.01. The van der Waals surface area contributed by atoms with Crippen LogP contribution in [0.1, 0.15) is 39.0 Å². The Morgan fingerprint density at radius 2 is 1.62 bits per heavy atom. The molecule has 0 saturated heterocycles. The van der Waals surface area contributed by atoms with Crippen LogP contribution in [0.4, 0.5) is 0 Å². The molecular formula is C14H26N2. The van der Waals surface area contributed by atoms with E-state index in [0.717, 1.165) is 42.8 Å². The van der Waals surface area contributed by atoms with Gasteiger partial charge in [0, 0.05) is 6.04 Å². The molecule has 4 aliphatic carbocycles. The van der Waals surface area contributed by atoms with Crippen LogP contribution in [0.5, 0.6) is 0 Å². The largest absolute Gasteiger partial charge is 0.330 e. The van der Waals surface area contributed by atoms with Crippen LogP contribution in [-0.2, 0) is 0 Å². The van der Waals surface area contributed by atoms with Gasteiger partial charge in [-0.05, 0) is 74.8 Å². The molecule has 0 aromatic rings. The Morgan fingerprint density at radius 3 is 2.12 bits per heavy atom. The van der Waals surface area contributed by atoms with E-state index in [2.05, 4.69) is 12.2 Å². The molecule has 4 aliphatic rings. The Morgan fingerprint density at radius 1 is 1.06 bits per heavy atom. The van der Waals surface area contributed by atoms with Crippen LogP contribution in [0.25, 0.3) is 0 Å². The van der Waals surface area contributed by atoms with Gasteiger partial charge in [0.2, 0.25) is 0 Å². The molecule has 4 rings (SSSR count). The first-order chi connectivity index (χ1) is 7.76. The maximum Gasteiger partial charge on any atom is 0.0124 e. The lowest BCUT2D eigenvalue weighted by atomic mass is 9.54. The molecule has 0 amide bonds. The van der Waals surface area contributed by atoms with Crippen molar-refractivity contribution in [2.24, 2.45) is 35.3 Å². The Balaban J connectivity index is 1.59. The van der Waals surface area contributed by atoms with E-state index in [0.29, 0.717) is 5.92 Å². The zero-order chi connectivity index (χ0) is 11.1. The second-order valence-corrected chi connectivity index (χ2v) is 6.71. The summed E-state index contributed by atoms with van der Waals surface area (Å²) in [6, 6.07) is 0.835. The molecule has 0 heterocycles. The van der Waals surface area contributed by atoms with E-state index in [1.165, 1.54) is 25.7 Å². The van der Waals surface area contributed by atoms with Gasteiger partial charge in [0.1, 0.15) is 0 Å². The molecule has 4 bridgehead atoms. The van der Waals surface area contributed by atoms with Crippen molar-refractivity contribution < 1.29 is 0 Å². The topological polar surface area (TPSA) is 38.0 Å². The molecule has 0 radical (unpaired) electrons. The van der Waals surface area contributed by atoms with Gasteiger partial charge in [0.15, 0.2) is 0 Å². The minimum atomic E-state index is 0.636. The first kappa shape index (κ1) is 11.0. The van der Waals surface area contributed by atoms with Crippen LogP contribution in [0, 0.1) is 29.6 Å². The monoisotopic (exact) mass is 222 g/mol. The minimum Gasteiger partial charge on any atom is -0.330 e. The van der Waals surface area contributed by atoms with Crippen molar-refractivity contribution in [1.29, 1.82) is 0 Å². The average molecular weight is 222 g/mol. The second kappa shape index (κ2) is 4.30. The third-order valence-corrected chi connectivity index (χ3v) is 5.33. The van der Waals surface area contributed by atoms with Crippen molar-refractivity contribution in [3.05, 3.63) is 0 Å². The molecule has 0 aromatic carbocycles. The molecule has 1 unspecified atom stereocenters. The van der Waals surface area contributed by atoms with Crippen LogP contribution < -0.4 is 11.1 Å². The van der Waals surface area contributed by atoms with Crippen molar-refractivity contribution >= 4 is 0 Å². The van der Waals surface area contributed by atoms with E-state index in [1.807, 2.05) is 0 Å². The lowest BCUT2D eigenvalue weighted by Gasteiger charge is -2.54. The molecule has 92 valence electrons. The summed E-state index contributed by atoms with van der Waals surface area (Å²) in [6.45, 7) is 4.20. The molecular weight excluding hydrogens is 196 g/mol. The van der Waals surface area contributed by atoms with E-state index in [-0.39, 0.29) is 0 Å². The summed E-state index contributed by atoms with van der Waals surface area (Å²) >= 11 is 0. The first-order valence-electron chi connectivity index (χ1n) is 7.19. The van der Waals surface area contributed by atoms with Crippen molar-refractivity contribution in [2.45, 2.75) is 45.1 Å². The fraction of sp³-hybridized carbons (Fsp3) is 1.00. The van der Waals surface area contributed by atoms with E-state index in [9.17, 15) is 0 Å². The summed E-state index contributed by atoms with van der Waals surface area (Å²) in [5.74, 6) is 4.82. The summed E-state index contributed by atoms with van der Waals surface area (Å²) in [4.78, 5) is 0. The summed E-state index contributed by atoms with van der Waals surface area (Å²) in [5.41, 5.74) is 5.69. The summed E-state index contributed by atoms with van der Waals surface area (Å²) in [6.07, 6.45) is 7.62. The van der Waals surface area contributed by atoms with Crippen molar-refractivity contribution in [1.82, 2.24) is 5.32 Å². The Bertz CT molecular complexity index is 223. The van der Waals surface area contributed by atoms with Gasteiger partial charge < -0.3 is 11.1 Å². The maximum absolute atomic E-state index is 5.69. The molecule has 4 fully saturated rings. The normalized spacial score (nSPS) is 47.2. The third kappa shape index (κ3) is 1.91. The smallest absolute Gasteiger partial charge is 0.0124 e. The quantitative estimate of drug-likeness (QED) is 0.763. The van der Waals surface area contributed by atoms with Crippen LogP contribution in [0.2, 0.25) is 0 Å². The molecule has 2 nitrogen and oxygen atoms in total. The minimum absolute atomic E-state index is 0.636. The summed E-state index contributed by atoms with van der Waals surface area (Å²) in [5, 5.41) is 3.84. The highest BCUT2D eigenvalue weighted by atomic mass is 14.9. The molecule has 3 N–H and O–H groups in total. The van der Waals surface area contributed by atoms with E-state index in [4.69, 9.17) is 5.73 Å². The van der Waals surface area contributed by atoms with Gasteiger partial charge in [0.25, 0.3) is 0 Å². The SMILES string of the molecule is CC(CN)CNC1C2CC3CC(C2)CC1C3. The van der Waals surface area contributed by atoms with E-state index in [1.54, 1.807) is 6.42 Å². The Labute approximate surface area is 99.4 Å². The number of hydrogen-bond donors (Lipinski definition) is 2. The first-order valence-corrected chi connectivity index (χ1v) is 7.19. The van der Waals surface area contributed by atoms with Crippen LogP contribution in [-0.4, -0.2) is 19.1 Å². The third-order valence-electron chi connectivity index (χ3n) is 5.33. The second-order valence-electron chi connectivity index (χ2n) is 6.71. The molecule has 2 heteroatoms. The standard InChI is InChI=1S/C14H26N2/c1-9(7-15)8-16-14-12-3-10-2-11(5-12)6-13(14)4-10/h9-14,16H,2-8,15H2,1H3. The van der Waals surface area contributed by atoms with Crippen molar-refractivity contribution in [2.75, 3.05) is 13.1 Å². The molecule has 0 aromatic heterocycles. The summed E-state index contributed by atoms with van der Waals surface area (Å²) in [7, 11) is 0. The van der Waals surface area contributed by atoms with Gasteiger partial charge in [0.05, 0.1) is 0 Å². The molecule has 0 spiro atoms. The van der Waals surface area contributed by atoms with E-state index < -0.39 is 0 Å². The fourth-order valence-corrected chi connectivity index (χ4v) is 4.68. The Hall–Kier alpha value is -0.0800. The van der Waals surface area contributed by atoms with Gasteiger partial charge in [-0.1, -0.05) is 6.92 Å². The molecule has 16 heavy (non-hydrogen) atoms. The predicted molar refractivity (Wildman–Crippen MR) is 67.1 cm³/mol. The Kier molecular flexibility index (Phi) is 2.97. The van der Waals surface area contributed by atoms with Crippen LogP contribution in [0.3, 0.4) is 0 Å². The zero-order valence-corrected chi connectivity index (χ0v) is 10.5. The van der Waals surface area contributed by atoms with Crippen molar-refractivity contribution in [3.8, 4) is 0 Å². The molecule has 4 saturated carbocycles. The molecule has 0 aliphatic heterocycles. The van der Waals surface area contributed by atoms with Gasteiger partial charge in [-0.2, -0.15) is 0 Å². The fourth-order valence-electron chi connectivity index (χ4n) is 4.68. The van der Waals surface area contributed by atoms with Gasteiger partial charge in [-0.25, -0.2) is 0 Å². The zero-order valence-electron chi connectivity index (χ0n) is 10.5. The highest BCUT2D eigenvalue weighted by Gasteiger charge is 2.47. The predicted octanol–water partition coefficient (Wildman–Crippen LogP) is 2.00. The lowest BCUT2D eigenvalue weighted by Crippen LogP contribution is -2.55. The maximum atomic E-state index is 5.69. The summed E-state index contributed by atoms with van der Waals surface area (Å²) < 4.78 is 0. The number of nitrogens with one attached hydrogen (secondary N) is 1. The number of hydrogen-bond acceptors (Lipinski definition) is 2. The van der Waals surface area contributed by atoms with Gasteiger partial charge in [-0.3, -0.25) is 0 Å². The van der Waals surface area contributed by atoms with E-state index >= 15 is 0 Å². The number of rotatable bonds is 4. The van der Waals surface area contributed by atoms with Crippen molar-refractivity contribution in [3.63, 3.8) is 0 Å². The van der Waals surface area contributed by atoms with Gasteiger partial charge in [-0.15, -0.1) is 0 Å². The molecule has 1 atom stereocenters. The number of nitrogens with two attached hydrogens (primary N) is 1. The van der Waals surface area contributed by atoms with Gasteiger partial charge >= 0.3 is 0 Å².